The lowest BCUT2D eigenvalue weighted by molar-refractivity contribution is 0.0939. The normalized spacial score (nSPS) is 12.3. The molecule has 2 heterocycles. The number of hydrogen-bond acceptors (Lipinski definition) is 5. The average Bonchev–Trinajstić information content (AvgIpc) is 2.89. The van der Waals surface area contributed by atoms with Crippen LogP contribution in [0.1, 0.15) is 50.4 Å². The number of carbonyl (C=O) groups is 1. The van der Waals surface area contributed by atoms with Crippen LogP contribution in [0.5, 0.6) is 0 Å². The summed E-state index contributed by atoms with van der Waals surface area (Å²) in [7, 11) is 0. The first-order valence-corrected chi connectivity index (χ1v) is 7.95. The van der Waals surface area contributed by atoms with Gasteiger partial charge in [-0.25, -0.2) is 0 Å². The lowest BCUT2D eigenvalue weighted by atomic mass is 10.0. The van der Waals surface area contributed by atoms with Crippen LogP contribution < -0.4 is 11.1 Å². The molecule has 0 fully saturated rings. The van der Waals surface area contributed by atoms with Crippen molar-refractivity contribution in [1.29, 1.82) is 0 Å². The van der Waals surface area contributed by atoms with E-state index in [1.807, 2.05) is 13.0 Å². The van der Waals surface area contributed by atoms with E-state index in [4.69, 9.17) is 10.3 Å². The second-order valence-corrected chi connectivity index (χ2v) is 6.21. The van der Waals surface area contributed by atoms with Crippen LogP contribution in [0.3, 0.4) is 0 Å². The summed E-state index contributed by atoms with van der Waals surface area (Å²) in [5, 5.41) is 6.87. The molecule has 0 aromatic carbocycles. The predicted octanol–water partition coefficient (Wildman–Crippen LogP) is 3.26. The number of nitrogen functional groups attached to an aromatic ring is 1. The van der Waals surface area contributed by atoms with Crippen molar-refractivity contribution in [2.45, 2.75) is 46.1 Å². The van der Waals surface area contributed by atoms with E-state index < -0.39 is 0 Å². The molecule has 0 saturated carbocycles. The average molecular weight is 316 g/mol. The quantitative estimate of drug-likeness (QED) is 0.817. The predicted molar refractivity (Wildman–Crippen MR) is 89.8 cm³/mol. The maximum Gasteiger partial charge on any atom is 0.259 e. The van der Waals surface area contributed by atoms with Gasteiger partial charge in [-0.1, -0.05) is 31.8 Å². The number of pyridine rings is 1. The largest absolute Gasteiger partial charge is 0.367 e. The monoisotopic (exact) mass is 316 g/mol. The van der Waals surface area contributed by atoms with Gasteiger partial charge in [0.1, 0.15) is 11.3 Å². The molecule has 0 aliphatic carbocycles. The van der Waals surface area contributed by atoms with Gasteiger partial charge in [0.05, 0.1) is 0 Å². The molecule has 124 valence electrons. The van der Waals surface area contributed by atoms with Gasteiger partial charge in [0.25, 0.3) is 5.91 Å². The van der Waals surface area contributed by atoms with E-state index in [1.165, 1.54) is 0 Å². The molecule has 0 radical (unpaired) electrons. The molecule has 1 unspecified atom stereocenters. The number of aromatic nitrogens is 2. The summed E-state index contributed by atoms with van der Waals surface area (Å²) in [6.45, 7) is 6.38. The zero-order valence-electron chi connectivity index (χ0n) is 13.9. The minimum absolute atomic E-state index is 0.0238. The molecule has 2 aromatic rings. The van der Waals surface area contributed by atoms with E-state index in [1.54, 1.807) is 18.5 Å². The van der Waals surface area contributed by atoms with Gasteiger partial charge in [0.2, 0.25) is 5.88 Å². The van der Waals surface area contributed by atoms with Crippen LogP contribution in [0.15, 0.2) is 29.0 Å². The van der Waals surface area contributed by atoms with Crippen LogP contribution in [0.4, 0.5) is 5.88 Å². The van der Waals surface area contributed by atoms with Crippen molar-refractivity contribution in [2.24, 2.45) is 5.92 Å². The first-order valence-electron chi connectivity index (χ1n) is 7.95. The van der Waals surface area contributed by atoms with Gasteiger partial charge in [-0.2, -0.15) is 0 Å². The minimum Gasteiger partial charge on any atom is -0.367 e. The van der Waals surface area contributed by atoms with Gasteiger partial charge in [-0.15, -0.1) is 0 Å². The number of nitrogens with one attached hydrogen (secondary N) is 1. The second-order valence-electron chi connectivity index (χ2n) is 6.21. The lowest BCUT2D eigenvalue weighted by Gasteiger charge is -2.14. The fourth-order valence-electron chi connectivity index (χ4n) is 2.42. The third kappa shape index (κ3) is 4.55. The first kappa shape index (κ1) is 17.0. The molecule has 3 N–H and O–H groups in total. The Hall–Kier alpha value is -2.37. The molecule has 0 bridgehead atoms. The van der Waals surface area contributed by atoms with Crippen LogP contribution >= 0.6 is 0 Å². The van der Waals surface area contributed by atoms with Crippen molar-refractivity contribution in [1.82, 2.24) is 15.5 Å². The maximum absolute atomic E-state index is 12.5. The molecular formula is C17H24N4O2. The summed E-state index contributed by atoms with van der Waals surface area (Å²) in [4.78, 5) is 16.6. The third-order valence-electron chi connectivity index (χ3n) is 3.68. The summed E-state index contributed by atoms with van der Waals surface area (Å²) in [5.74, 6) is 0.430. The highest BCUT2D eigenvalue weighted by Gasteiger charge is 2.23. The van der Waals surface area contributed by atoms with E-state index in [0.29, 0.717) is 17.2 Å². The Morgan fingerprint density at radius 1 is 1.35 bits per heavy atom. The first-order chi connectivity index (χ1) is 11.0. The maximum atomic E-state index is 12.5. The van der Waals surface area contributed by atoms with Crippen molar-refractivity contribution in [2.75, 3.05) is 5.73 Å². The molecule has 0 aliphatic heterocycles. The molecule has 1 amide bonds. The minimum atomic E-state index is -0.264. The van der Waals surface area contributed by atoms with E-state index in [0.717, 1.165) is 19.3 Å². The van der Waals surface area contributed by atoms with Gasteiger partial charge in [-0.05, 0) is 31.4 Å². The van der Waals surface area contributed by atoms with Gasteiger partial charge < -0.3 is 15.6 Å². The summed E-state index contributed by atoms with van der Waals surface area (Å²) in [6.07, 6.45) is 6.44. The molecule has 1 atom stereocenters. The fraction of sp³-hybridized carbons (Fsp3) is 0.471. The lowest BCUT2D eigenvalue weighted by Crippen LogP contribution is -2.33. The number of rotatable bonds is 7. The Morgan fingerprint density at radius 3 is 2.78 bits per heavy atom. The third-order valence-corrected chi connectivity index (χ3v) is 3.68. The van der Waals surface area contributed by atoms with Gasteiger partial charge in [0, 0.05) is 24.0 Å². The standard InChI is InChI=1S/C17H24N4O2/c1-11(2)6-4-7-12(3)20-17(22)14-15(21-23-16(14)18)13-8-5-9-19-10-13/h5,8-12H,4,6-7,18H2,1-3H3,(H,20,22). The Morgan fingerprint density at radius 2 is 2.13 bits per heavy atom. The molecule has 23 heavy (non-hydrogen) atoms. The molecule has 6 nitrogen and oxygen atoms in total. The smallest absolute Gasteiger partial charge is 0.259 e. The highest BCUT2D eigenvalue weighted by atomic mass is 16.5. The van der Waals surface area contributed by atoms with Gasteiger partial charge >= 0.3 is 0 Å². The van der Waals surface area contributed by atoms with Crippen LogP contribution in [0.2, 0.25) is 0 Å². The highest BCUT2D eigenvalue weighted by Crippen LogP contribution is 2.26. The van der Waals surface area contributed by atoms with E-state index in [2.05, 4.69) is 29.3 Å². The van der Waals surface area contributed by atoms with E-state index in [9.17, 15) is 4.79 Å². The van der Waals surface area contributed by atoms with Crippen molar-refractivity contribution in [3.63, 3.8) is 0 Å². The Bertz CT molecular complexity index is 637. The van der Waals surface area contributed by atoms with Crippen LogP contribution in [0, 0.1) is 5.92 Å². The summed E-state index contributed by atoms with van der Waals surface area (Å²) in [6, 6.07) is 3.65. The number of nitrogens with zero attached hydrogens (tertiary/aromatic N) is 2. The molecule has 2 aromatic heterocycles. The zero-order chi connectivity index (χ0) is 16.8. The van der Waals surface area contributed by atoms with Crippen LogP contribution in [-0.2, 0) is 0 Å². The second kappa shape index (κ2) is 7.76. The molecule has 0 saturated heterocycles. The summed E-state index contributed by atoms with van der Waals surface area (Å²) < 4.78 is 5.00. The summed E-state index contributed by atoms with van der Waals surface area (Å²) >= 11 is 0. The molecular weight excluding hydrogens is 292 g/mol. The number of nitrogens with two attached hydrogens (primary N) is 1. The van der Waals surface area contributed by atoms with Crippen molar-refractivity contribution < 1.29 is 9.32 Å². The van der Waals surface area contributed by atoms with Crippen molar-refractivity contribution >= 4 is 11.8 Å². The number of carbonyl (C=O) groups excluding carboxylic acids is 1. The van der Waals surface area contributed by atoms with E-state index >= 15 is 0 Å². The zero-order valence-corrected chi connectivity index (χ0v) is 13.9. The van der Waals surface area contributed by atoms with Crippen LogP contribution in [0.25, 0.3) is 11.3 Å². The number of hydrogen-bond donors (Lipinski definition) is 2. The van der Waals surface area contributed by atoms with Crippen LogP contribution in [-0.4, -0.2) is 22.1 Å². The molecule has 6 heteroatoms. The number of anilines is 1. The molecule has 2 rings (SSSR count). The summed E-state index contributed by atoms with van der Waals surface area (Å²) in [5.41, 5.74) is 7.18. The van der Waals surface area contributed by atoms with Crippen molar-refractivity contribution in [3.8, 4) is 11.3 Å². The highest BCUT2D eigenvalue weighted by molar-refractivity contribution is 6.03. The Kier molecular flexibility index (Phi) is 5.73. The molecule has 0 aliphatic rings. The van der Waals surface area contributed by atoms with Crippen molar-refractivity contribution in [3.05, 3.63) is 30.1 Å². The van der Waals surface area contributed by atoms with Gasteiger partial charge in [0.15, 0.2) is 0 Å². The number of amides is 1. The molecule has 0 spiro atoms. The fourth-order valence-corrected chi connectivity index (χ4v) is 2.42. The SMILES string of the molecule is CC(C)CCCC(C)NC(=O)c1c(-c2cccnc2)noc1N. The topological polar surface area (TPSA) is 94.0 Å². The Balaban J connectivity index is 2.07. The van der Waals surface area contributed by atoms with Gasteiger partial charge in [-0.3, -0.25) is 9.78 Å². The Labute approximate surface area is 136 Å². The van der Waals surface area contributed by atoms with E-state index in [-0.39, 0.29) is 23.4 Å².